The van der Waals surface area contributed by atoms with Crippen molar-refractivity contribution in [1.29, 1.82) is 0 Å². The third-order valence-corrected chi connectivity index (χ3v) is 5.57. The minimum absolute atomic E-state index is 0.0203. The minimum Gasteiger partial charge on any atom is -0.340 e. The Kier molecular flexibility index (Phi) is 4.10. The molecule has 0 N–H and O–H groups in total. The average molecular weight is 313 g/mol. The number of carbonyl (C=O) groups is 1. The number of amides is 1. The number of hydrogen-bond donors (Lipinski definition) is 0. The fourth-order valence-corrected chi connectivity index (χ4v) is 3.87. The van der Waals surface area contributed by atoms with Gasteiger partial charge in [-0.1, -0.05) is 20.8 Å². The van der Waals surface area contributed by atoms with Crippen molar-refractivity contribution >= 4 is 15.7 Å². The maximum absolute atomic E-state index is 12.8. The quantitative estimate of drug-likeness (QED) is 0.804. The fraction of sp³-hybridized carbons (Fsp3) is 0.533. The molecule has 2 rings (SSSR count). The molecule has 1 amide bonds. The molecule has 1 saturated heterocycles. The molecule has 1 aliphatic rings. The van der Waals surface area contributed by atoms with Gasteiger partial charge in [0, 0.05) is 19.5 Å². The summed E-state index contributed by atoms with van der Waals surface area (Å²) in [5.74, 6) is -0.488. The van der Waals surface area contributed by atoms with Crippen LogP contribution in [0.15, 0.2) is 29.2 Å². The van der Waals surface area contributed by atoms with Crippen molar-refractivity contribution < 1.29 is 17.6 Å². The second-order valence-electron chi connectivity index (χ2n) is 6.66. The predicted molar refractivity (Wildman–Crippen MR) is 78.0 cm³/mol. The highest BCUT2D eigenvalue weighted by molar-refractivity contribution is 7.92. The predicted octanol–water partition coefficient (Wildman–Crippen LogP) is 2.25. The van der Waals surface area contributed by atoms with Gasteiger partial charge in [0.05, 0.1) is 4.90 Å². The third-order valence-electron chi connectivity index (χ3n) is 3.46. The zero-order chi connectivity index (χ0) is 15.8. The molecular weight excluding hydrogens is 293 g/mol. The van der Waals surface area contributed by atoms with E-state index in [0.717, 1.165) is 12.1 Å². The lowest BCUT2D eigenvalue weighted by Crippen LogP contribution is -2.57. The van der Waals surface area contributed by atoms with Crippen molar-refractivity contribution in [3.63, 3.8) is 0 Å². The van der Waals surface area contributed by atoms with Crippen LogP contribution in [0.25, 0.3) is 0 Å². The number of hydrogen-bond acceptors (Lipinski definition) is 3. The molecule has 21 heavy (non-hydrogen) atoms. The Morgan fingerprint density at radius 1 is 1.24 bits per heavy atom. The fourth-order valence-electron chi connectivity index (χ4n) is 2.22. The van der Waals surface area contributed by atoms with Crippen LogP contribution in [0.2, 0.25) is 0 Å². The summed E-state index contributed by atoms with van der Waals surface area (Å²) in [6.07, 6.45) is 0.399. The zero-order valence-electron chi connectivity index (χ0n) is 12.5. The lowest BCUT2D eigenvalue weighted by Gasteiger charge is -2.39. The average Bonchev–Trinajstić information content (AvgIpc) is 2.24. The van der Waals surface area contributed by atoms with Gasteiger partial charge in [0.25, 0.3) is 0 Å². The van der Waals surface area contributed by atoms with Gasteiger partial charge in [-0.15, -0.1) is 0 Å². The lowest BCUT2D eigenvalue weighted by atomic mass is 9.91. The summed E-state index contributed by atoms with van der Waals surface area (Å²) in [7, 11) is -3.49. The van der Waals surface area contributed by atoms with Crippen LogP contribution in [0, 0.1) is 11.2 Å². The summed E-state index contributed by atoms with van der Waals surface area (Å²) in [6.45, 7) is 6.34. The second kappa shape index (κ2) is 5.40. The summed E-state index contributed by atoms with van der Waals surface area (Å²) in [6, 6.07) is 4.80. The van der Waals surface area contributed by atoms with Crippen LogP contribution < -0.4 is 0 Å². The third kappa shape index (κ3) is 3.61. The largest absolute Gasteiger partial charge is 0.340 e. The molecule has 6 heteroatoms. The summed E-state index contributed by atoms with van der Waals surface area (Å²) in [5.41, 5.74) is -0.113. The normalized spacial score (nSPS) is 16.7. The molecule has 0 aromatic heterocycles. The highest BCUT2D eigenvalue weighted by atomic mass is 32.2. The van der Waals surface area contributed by atoms with Gasteiger partial charge in [-0.3, -0.25) is 4.79 Å². The van der Waals surface area contributed by atoms with E-state index in [1.807, 2.05) is 20.8 Å². The molecule has 1 aromatic rings. The highest BCUT2D eigenvalue weighted by Gasteiger charge is 2.40. The number of likely N-dealkylation sites (tertiary alicyclic amines) is 1. The SMILES string of the molecule is CC(C)(C)CC(=O)N1CC(S(=O)(=O)c2ccc(F)cc2)C1. The number of carbonyl (C=O) groups excluding carboxylic acids is 1. The first-order valence-electron chi connectivity index (χ1n) is 6.87. The molecule has 0 unspecified atom stereocenters. The van der Waals surface area contributed by atoms with E-state index < -0.39 is 20.9 Å². The van der Waals surface area contributed by atoms with Crippen LogP contribution in [-0.2, 0) is 14.6 Å². The molecule has 0 bridgehead atoms. The molecule has 1 aromatic carbocycles. The first-order chi connectivity index (χ1) is 9.59. The van der Waals surface area contributed by atoms with E-state index in [0.29, 0.717) is 6.42 Å². The summed E-state index contributed by atoms with van der Waals surface area (Å²) in [4.78, 5) is 13.7. The number of halogens is 1. The Hall–Kier alpha value is -1.43. The molecule has 1 fully saturated rings. The van der Waals surface area contributed by atoms with Crippen molar-refractivity contribution in [3.05, 3.63) is 30.1 Å². The summed E-state index contributed by atoms with van der Waals surface area (Å²) >= 11 is 0. The van der Waals surface area contributed by atoms with Crippen molar-refractivity contribution in [2.45, 2.75) is 37.3 Å². The van der Waals surface area contributed by atoms with E-state index in [4.69, 9.17) is 0 Å². The Bertz CT molecular complexity index is 626. The van der Waals surface area contributed by atoms with E-state index in [-0.39, 0.29) is 29.3 Å². The lowest BCUT2D eigenvalue weighted by molar-refractivity contribution is -0.136. The number of nitrogens with zero attached hydrogens (tertiary/aromatic N) is 1. The number of rotatable bonds is 3. The van der Waals surface area contributed by atoms with E-state index in [2.05, 4.69) is 0 Å². The van der Waals surface area contributed by atoms with Crippen LogP contribution in [0.1, 0.15) is 27.2 Å². The molecule has 1 aliphatic heterocycles. The topological polar surface area (TPSA) is 54.5 Å². The summed E-state index contributed by atoms with van der Waals surface area (Å²) < 4.78 is 37.5. The molecule has 0 spiro atoms. The maximum atomic E-state index is 12.8. The highest BCUT2D eigenvalue weighted by Crippen LogP contribution is 2.27. The van der Waals surface area contributed by atoms with Crippen LogP contribution in [0.3, 0.4) is 0 Å². The smallest absolute Gasteiger partial charge is 0.223 e. The van der Waals surface area contributed by atoms with Gasteiger partial charge in [0.15, 0.2) is 9.84 Å². The first kappa shape index (κ1) is 15.9. The first-order valence-corrected chi connectivity index (χ1v) is 8.41. The summed E-state index contributed by atoms with van der Waals surface area (Å²) in [5, 5.41) is -0.591. The monoisotopic (exact) mass is 313 g/mol. The number of benzene rings is 1. The number of sulfone groups is 1. The standard InChI is InChI=1S/C15H20FNO3S/c1-15(2,3)8-14(18)17-9-13(10-17)21(19,20)12-6-4-11(16)5-7-12/h4-7,13H,8-10H2,1-3H3. The molecular formula is C15H20FNO3S. The van der Waals surface area contributed by atoms with Crippen molar-refractivity contribution in [3.8, 4) is 0 Å². The van der Waals surface area contributed by atoms with E-state index in [1.165, 1.54) is 12.1 Å². The van der Waals surface area contributed by atoms with Gasteiger partial charge < -0.3 is 4.90 Å². The van der Waals surface area contributed by atoms with Gasteiger partial charge in [-0.2, -0.15) is 0 Å². The Morgan fingerprint density at radius 3 is 2.24 bits per heavy atom. The molecule has 0 aliphatic carbocycles. The van der Waals surface area contributed by atoms with Gasteiger partial charge in [-0.05, 0) is 29.7 Å². The Balaban J connectivity index is 2.00. The van der Waals surface area contributed by atoms with E-state index >= 15 is 0 Å². The van der Waals surface area contributed by atoms with E-state index in [1.54, 1.807) is 4.90 Å². The second-order valence-corrected chi connectivity index (χ2v) is 8.89. The van der Waals surface area contributed by atoms with Crippen LogP contribution in [0.5, 0.6) is 0 Å². The van der Waals surface area contributed by atoms with Crippen LogP contribution in [0.4, 0.5) is 4.39 Å². The molecule has 1 heterocycles. The minimum atomic E-state index is -3.49. The Morgan fingerprint density at radius 2 is 1.76 bits per heavy atom. The van der Waals surface area contributed by atoms with Gasteiger partial charge in [0.2, 0.25) is 5.91 Å². The van der Waals surface area contributed by atoms with Crippen LogP contribution in [-0.4, -0.2) is 37.6 Å². The Labute approximate surface area is 124 Å². The van der Waals surface area contributed by atoms with Crippen molar-refractivity contribution in [2.24, 2.45) is 5.41 Å². The van der Waals surface area contributed by atoms with Crippen molar-refractivity contribution in [1.82, 2.24) is 4.90 Å². The van der Waals surface area contributed by atoms with Gasteiger partial charge in [0.1, 0.15) is 11.1 Å². The molecule has 116 valence electrons. The maximum Gasteiger partial charge on any atom is 0.223 e. The molecule has 0 radical (unpaired) electrons. The van der Waals surface area contributed by atoms with Crippen LogP contribution >= 0.6 is 0 Å². The molecule has 0 saturated carbocycles. The molecule has 4 nitrogen and oxygen atoms in total. The van der Waals surface area contributed by atoms with Gasteiger partial charge >= 0.3 is 0 Å². The zero-order valence-corrected chi connectivity index (χ0v) is 13.3. The van der Waals surface area contributed by atoms with Gasteiger partial charge in [-0.25, -0.2) is 12.8 Å². The van der Waals surface area contributed by atoms with E-state index in [9.17, 15) is 17.6 Å². The molecule has 0 atom stereocenters. The van der Waals surface area contributed by atoms with Crippen molar-refractivity contribution in [2.75, 3.05) is 13.1 Å².